The van der Waals surface area contributed by atoms with Crippen molar-refractivity contribution in [3.63, 3.8) is 0 Å². The first-order valence-electron chi connectivity index (χ1n) is 5.39. The molecule has 0 aliphatic carbocycles. The standard InChI is InChI=1S/C11H21NO2/c1-8-5-6-12(9(2)7-8)11(13)10(3)14-4/h8-10H,5-7H2,1-4H3. The van der Waals surface area contributed by atoms with E-state index in [0.29, 0.717) is 6.04 Å². The zero-order valence-electron chi connectivity index (χ0n) is 9.62. The molecule has 0 saturated carbocycles. The largest absolute Gasteiger partial charge is 0.372 e. The Kier molecular flexibility index (Phi) is 3.93. The minimum absolute atomic E-state index is 0.131. The highest BCUT2D eigenvalue weighted by molar-refractivity contribution is 5.80. The first-order valence-corrected chi connectivity index (χ1v) is 5.39. The van der Waals surface area contributed by atoms with E-state index in [0.717, 1.165) is 25.3 Å². The molecule has 0 spiro atoms. The van der Waals surface area contributed by atoms with Crippen LogP contribution in [0, 0.1) is 5.92 Å². The summed E-state index contributed by atoms with van der Waals surface area (Å²) >= 11 is 0. The van der Waals surface area contributed by atoms with Gasteiger partial charge in [-0.25, -0.2) is 0 Å². The van der Waals surface area contributed by atoms with Crippen LogP contribution in [0.5, 0.6) is 0 Å². The van der Waals surface area contributed by atoms with E-state index in [4.69, 9.17) is 4.74 Å². The monoisotopic (exact) mass is 199 g/mol. The Morgan fingerprint density at radius 3 is 2.64 bits per heavy atom. The van der Waals surface area contributed by atoms with Crippen molar-refractivity contribution < 1.29 is 9.53 Å². The van der Waals surface area contributed by atoms with Gasteiger partial charge in [-0.15, -0.1) is 0 Å². The second-order valence-corrected chi connectivity index (χ2v) is 4.39. The van der Waals surface area contributed by atoms with Crippen LogP contribution in [0.3, 0.4) is 0 Å². The number of hydrogen-bond donors (Lipinski definition) is 0. The van der Waals surface area contributed by atoms with Gasteiger partial charge in [0.05, 0.1) is 0 Å². The van der Waals surface area contributed by atoms with Crippen molar-refractivity contribution in [2.24, 2.45) is 5.92 Å². The summed E-state index contributed by atoms with van der Waals surface area (Å²) < 4.78 is 5.05. The van der Waals surface area contributed by atoms with Crippen LogP contribution in [0.2, 0.25) is 0 Å². The van der Waals surface area contributed by atoms with Crippen molar-refractivity contribution in [1.82, 2.24) is 4.90 Å². The van der Waals surface area contributed by atoms with Gasteiger partial charge in [-0.1, -0.05) is 6.92 Å². The lowest BCUT2D eigenvalue weighted by Gasteiger charge is -2.37. The Bertz CT molecular complexity index is 205. The molecule has 82 valence electrons. The van der Waals surface area contributed by atoms with Crippen molar-refractivity contribution in [2.45, 2.75) is 45.8 Å². The summed E-state index contributed by atoms with van der Waals surface area (Å²) in [4.78, 5) is 13.8. The highest BCUT2D eigenvalue weighted by Gasteiger charge is 2.29. The Morgan fingerprint density at radius 1 is 1.50 bits per heavy atom. The van der Waals surface area contributed by atoms with Crippen molar-refractivity contribution in [2.75, 3.05) is 13.7 Å². The first kappa shape index (κ1) is 11.5. The van der Waals surface area contributed by atoms with Gasteiger partial charge in [0.1, 0.15) is 6.10 Å². The molecule has 0 radical (unpaired) electrons. The van der Waals surface area contributed by atoms with Crippen LogP contribution >= 0.6 is 0 Å². The van der Waals surface area contributed by atoms with Gasteiger partial charge in [0.25, 0.3) is 5.91 Å². The van der Waals surface area contributed by atoms with E-state index in [-0.39, 0.29) is 12.0 Å². The van der Waals surface area contributed by atoms with Crippen LogP contribution in [0.25, 0.3) is 0 Å². The number of methoxy groups -OCH3 is 1. The molecule has 1 fully saturated rings. The maximum Gasteiger partial charge on any atom is 0.251 e. The number of hydrogen-bond acceptors (Lipinski definition) is 2. The topological polar surface area (TPSA) is 29.5 Å². The number of carbonyl (C=O) groups is 1. The number of ether oxygens (including phenoxy) is 1. The minimum Gasteiger partial charge on any atom is -0.372 e. The highest BCUT2D eigenvalue weighted by atomic mass is 16.5. The van der Waals surface area contributed by atoms with Crippen LogP contribution < -0.4 is 0 Å². The highest BCUT2D eigenvalue weighted by Crippen LogP contribution is 2.22. The van der Waals surface area contributed by atoms with E-state index < -0.39 is 0 Å². The van der Waals surface area contributed by atoms with Crippen molar-refractivity contribution >= 4 is 5.91 Å². The third-order valence-corrected chi connectivity index (χ3v) is 3.12. The smallest absolute Gasteiger partial charge is 0.251 e. The SMILES string of the molecule is COC(C)C(=O)N1CCC(C)CC1C. The van der Waals surface area contributed by atoms with Crippen LogP contribution in [0.4, 0.5) is 0 Å². The van der Waals surface area contributed by atoms with Gasteiger partial charge in [0.2, 0.25) is 0 Å². The average molecular weight is 199 g/mol. The summed E-state index contributed by atoms with van der Waals surface area (Å²) in [5, 5.41) is 0. The van der Waals surface area contributed by atoms with Gasteiger partial charge < -0.3 is 9.64 Å². The van der Waals surface area contributed by atoms with Crippen LogP contribution in [-0.4, -0.2) is 36.6 Å². The molecule has 1 rings (SSSR count). The predicted octanol–water partition coefficient (Wildman–Crippen LogP) is 1.67. The molecule has 1 aliphatic rings. The molecule has 3 atom stereocenters. The molecule has 1 aliphatic heterocycles. The molecule has 1 heterocycles. The Hall–Kier alpha value is -0.570. The van der Waals surface area contributed by atoms with Crippen LogP contribution in [0.1, 0.15) is 33.6 Å². The molecule has 0 aromatic rings. The molecule has 0 aromatic carbocycles. The maximum atomic E-state index is 11.8. The second kappa shape index (κ2) is 4.78. The molecule has 3 unspecified atom stereocenters. The number of rotatable bonds is 2. The fraction of sp³-hybridized carbons (Fsp3) is 0.909. The zero-order chi connectivity index (χ0) is 10.7. The summed E-state index contributed by atoms with van der Waals surface area (Å²) in [6.07, 6.45) is 1.93. The second-order valence-electron chi connectivity index (χ2n) is 4.39. The number of carbonyl (C=O) groups excluding carboxylic acids is 1. The molecular formula is C11H21NO2. The lowest BCUT2D eigenvalue weighted by molar-refractivity contribution is -0.144. The van der Waals surface area contributed by atoms with Crippen molar-refractivity contribution in [3.8, 4) is 0 Å². The van der Waals surface area contributed by atoms with E-state index in [1.165, 1.54) is 0 Å². The fourth-order valence-corrected chi connectivity index (χ4v) is 2.07. The maximum absolute atomic E-state index is 11.8. The molecule has 0 aromatic heterocycles. The summed E-state index contributed by atoms with van der Waals surface area (Å²) in [6.45, 7) is 7.07. The Morgan fingerprint density at radius 2 is 2.14 bits per heavy atom. The Balaban J connectivity index is 2.55. The molecule has 14 heavy (non-hydrogen) atoms. The third-order valence-electron chi connectivity index (χ3n) is 3.12. The average Bonchev–Trinajstić information content (AvgIpc) is 2.15. The summed E-state index contributed by atoms with van der Waals surface area (Å²) in [5.41, 5.74) is 0. The molecule has 3 heteroatoms. The lowest BCUT2D eigenvalue weighted by Crippen LogP contribution is -2.48. The van der Waals surface area contributed by atoms with E-state index in [2.05, 4.69) is 13.8 Å². The molecule has 1 amide bonds. The van der Waals surface area contributed by atoms with Gasteiger partial charge in [-0.05, 0) is 32.6 Å². The quantitative estimate of drug-likeness (QED) is 0.677. The Labute approximate surface area is 86.4 Å². The molecule has 1 saturated heterocycles. The molecular weight excluding hydrogens is 178 g/mol. The summed E-state index contributed by atoms with van der Waals surface area (Å²) in [7, 11) is 1.58. The number of likely N-dealkylation sites (tertiary alicyclic amines) is 1. The van der Waals surface area contributed by atoms with E-state index >= 15 is 0 Å². The summed E-state index contributed by atoms with van der Waals surface area (Å²) in [5.74, 6) is 0.874. The van der Waals surface area contributed by atoms with Crippen molar-refractivity contribution in [3.05, 3.63) is 0 Å². The molecule has 0 N–H and O–H groups in total. The first-order chi connectivity index (χ1) is 6.56. The zero-order valence-corrected chi connectivity index (χ0v) is 9.62. The van der Waals surface area contributed by atoms with Crippen molar-refractivity contribution in [1.29, 1.82) is 0 Å². The minimum atomic E-state index is -0.300. The van der Waals surface area contributed by atoms with E-state index in [1.807, 2.05) is 11.8 Å². The third kappa shape index (κ3) is 2.47. The number of nitrogens with zero attached hydrogens (tertiary/aromatic N) is 1. The van der Waals surface area contributed by atoms with Gasteiger partial charge in [0.15, 0.2) is 0 Å². The van der Waals surface area contributed by atoms with Crippen LogP contribution in [-0.2, 0) is 9.53 Å². The van der Waals surface area contributed by atoms with Gasteiger partial charge >= 0.3 is 0 Å². The van der Waals surface area contributed by atoms with E-state index in [9.17, 15) is 4.79 Å². The van der Waals surface area contributed by atoms with Gasteiger partial charge in [-0.2, -0.15) is 0 Å². The predicted molar refractivity (Wildman–Crippen MR) is 56.0 cm³/mol. The van der Waals surface area contributed by atoms with Gasteiger partial charge in [-0.3, -0.25) is 4.79 Å². The molecule has 3 nitrogen and oxygen atoms in total. The van der Waals surface area contributed by atoms with Gasteiger partial charge in [0, 0.05) is 19.7 Å². The van der Waals surface area contributed by atoms with Crippen LogP contribution in [0.15, 0.2) is 0 Å². The summed E-state index contributed by atoms with van der Waals surface area (Å²) in [6, 6.07) is 0.365. The molecule has 0 bridgehead atoms. The number of amides is 1. The fourth-order valence-electron chi connectivity index (χ4n) is 2.07. The number of piperidine rings is 1. The van der Waals surface area contributed by atoms with E-state index in [1.54, 1.807) is 7.11 Å². The normalized spacial score (nSPS) is 30.1. The lowest BCUT2D eigenvalue weighted by atomic mass is 9.93.